The van der Waals surface area contributed by atoms with Gasteiger partial charge in [0.2, 0.25) is 0 Å². The molecule has 0 saturated heterocycles. The average Bonchev–Trinajstić information content (AvgIpc) is 2.50. The molecule has 3 heteroatoms. The Morgan fingerprint density at radius 3 is 2.70 bits per heavy atom. The van der Waals surface area contributed by atoms with Crippen molar-refractivity contribution in [2.75, 3.05) is 19.0 Å². The van der Waals surface area contributed by atoms with Crippen molar-refractivity contribution in [3.63, 3.8) is 0 Å². The fourth-order valence-corrected chi connectivity index (χ4v) is 2.64. The van der Waals surface area contributed by atoms with Gasteiger partial charge >= 0.3 is 0 Å². The normalized spacial score (nSPS) is 20.7. The molecule has 2 unspecified atom stereocenters. The van der Waals surface area contributed by atoms with Crippen LogP contribution in [-0.2, 0) is 0 Å². The standard InChI is InChI=1S/C17H19NO2/c1-12-11-20-15-9-5-3-7-13(15)17(12)18-14-8-4-6-10-16(14)19-2/h3-10,12,17-18H,11H2,1-2H3. The van der Waals surface area contributed by atoms with Gasteiger partial charge in [0.1, 0.15) is 11.5 Å². The molecule has 3 rings (SSSR count). The van der Waals surface area contributed by atoms with E-state index < -0.39 is 0 Å². The molecule has 2 aromatic carbocycles. The predicted octanol–water partition coefficient (Wildman–Crippen LogP) is 3.88. The summed E-state index contributed by atoms with van der Waals surface area (Å²) in [4.78, 5) is 0. The number of rotatable bonds is 3. The Bertz CT molecular complexity index is 597. The molecule has 1 aliphatic rings. The summed E-state index contributed by atoms with van der Waals surface area (Å²) in [6.45, 7) is 2.92. The van der Waals surface area contributed by atoms with E-state index in [1.54, 1.807) is 7.11 Å². The first kappa shape index (κ1) is 12.9. The van der Waals surface area contributed by atoms with Crippen LogP contribution >= 0.6 is 0 Å². The van der Waals surface area contributed by atoms with Crippen LogP contribution in [0.3, 0.4) is 0 Å². The minimum Gasteiger partial charge on any atom is -0.495 e. The van der Waals surface area contributed by atoms with Gasteiger partial charge in [-0.2, -0.15) is 0 Å². The summed E-state index contributed by atoms with van der Waals surface area (Å²) in [5, 5.41) is 3.60. The van der Waals surface area contributed by atoms with Gasteiger partial charge in [-0.3, -0.25) is 0 Å². The minimum atomic E-state index is 0.233. The number of para-hydroxylation sites is 3. The zero-order valence-electron chi connectivity index (χ0n) is 11.8. The Morgan fingerprint density at radius 2 is 1.85 bits per heavy atom. The highest BCUT2D eigenvalue weighted by atomic mass is 16.5. The monoisotopic (exact) mass is 269 g/mol. The summed E-state index contributed by atoms with van der Waals surface area (Å²) in [6.07, 6.45) is 0. The third-order valence-corrected chi connectivity index (χ3v) is 3.74. The second kappa shape index (κ2) is 5.45. The lowest BCUT2D eigenvalue weighted by molar-refractivity contribution is 0.214. The maximum Gasteiger partial charge on any atom is 0.141 e. The fourth-order valence-electron chi connectivity index (χ4n) is 2.64. The second-order valence-electron chi connectivity index (χ2n) is 5.15. The lowest BCUT2D eigenvalue weighted by Crippen LogP contribution is -2.28. The maximum absolute atomic E-state index is 5.79. The molecule has 0 amide bonds. The molecule has 1 N–H and O–H groups in total. The van der Waals surface area contributed by atoms with E-state index >= 15 is 0 Å². The number of methoxy groups -OCH3 is 1. The van der Waals surface area contributed by atoms with E-state index in [1.165, 1.54) is 5.56 Å². The van der Waals surface area contributed by atoms with E-state index in [1.807, 2.05) is 36.4 Å². The highest BCUT2D eigenvalue weighted by Crippen LogP contribution is 2.38. The van der Waals surface area contributed by atoms with Gasteiger partial charge in [0, 0.05) is 11.5 Å². The number of fused-ring (bicyclic) bond motifs is 1. The zero-order chi connectivity index (χ0) is 13.9. The number of benzene rings is 2. The van der Waals surface area contributed by atoms with E-state index in [4.69, 9.17) is 9.47 Å². The average molecular weight is 269 g/mol. The highest BCUT2D eigenvalue weighted by molar-refractivity contribution is 5.58. The van der Waals surface area contributed by atoms with Crippen LogP contribution in [0.2, 0.25) is 0 Å². The SMILES string of the molecule is COc1ccccc1NC1c2ccccc2OCC1C. The van der Waals surface area contributed by atoms with Crippen molar-refractivity contribution in [3.8, 4) is 11.5 Å². The molecule has 0 aliphatic carbocycles. The van der Waals surface area contributed by atoms with Gasteiger partial charge in [-0.25, -0.2) is 0 Å². The van der Waals surface area contributed by atoms with Gasteiger partial charge in [0.25, 0.3) is 0 Å². The molecule has 2 atom stereocenters. The van der Waals surface area contributed by atoms with Gasteiger partial charge in [-0.1, -0.05) is 37.3 Å². The van der Waals surface area contributed by atoms with Crippen LogP contribution < -0.4 is 14.8 Å². The number of ether oxygens (including phenoxy) is 2. The predicted molar refractivity (Wildman–Crippen MR) is 80.5 cm³/mol. The van der Waals surface area contributed by atoms with Crippen molar-refractivity contribution in [3.05, 3.63) is 54.1 Å². The zero-order valence-corrected chi connectivity index (χ0v) is 11.8. The van der Waals surface area contributed by atoms with Crippen molar-refractivity contribution >= 4 is 5.69 Å². The molecular weight excluding hydrogens is 250 g/mol. The Kier molecular flexibility index (Phi) is 3.50. The first-order valence-corrected chi connectivity index (χ1v) is 6.91. The summed E-state index contributed by atoms with van der Waals surface area (Å²) in [6, 6.07) is 16.5. The van der Waals surface area contributed by atoms with E-state index in [0.29, 0.717) is 5.92 Å². The van der Waals surface area contributed by atoms with Gasteiger partial charge in [-0.05, 0) is 18.2 Å². The molecule has 0 spiro atoms. The molecule has 0 bridgehead atoms. The van der Waals surface area contributed by atoms with Crippen LogP contribution in [0.25, 0.3) is 0 Å². The second-order valence-corrected chi connectivity index (χ2v) is 5.15. The van der Waals surface area contributed by atoms with Crippen LogP contribution in [0.5, 0.6) is 11.5 Å². The lowest BCUT2D eigenvalue weighted by Gasteiger charge is -2.33. The Morgan fingerprint density at radius 1 is 1.10 bits per heavy atom. The van der Waals surface area contributed by atoms with Crippen molar-refractivity contribution in [2.45, 2.75) is 13.0 Å². The van der Waals surface area contributed by atoms with Gasteiger partial charge in [-0.15, -0.1) is 0 Å². The summed E-state index contributed by atoms with van der Waals surface area (Å²) >= 11 is 0. The molecule has 20 heavy (non-hydrogen) atoms. The molecular formula is C17H19NO2. The van der Waals surface area contributed by atoms with Crippen LogP contribution in [0.15, 0.2) is 48.5 Å². The molecule has 3 nitrogen and oxygen atoms in total. The number of nitrogens with one attached hydrogen (secondary N) is 1. The summed E-state index contributed by atoms with van der Waals surface area (Å²) < 4.78 is 11.2. The molecule has 0 saturated carbocycles. The van der Waals surface area contributed by atoms with Crippen LogP contribution in [-0.4, -0.2) is 13.7 Å². The summed E-state index contributed by atoms with van der Waals surface area (Å²) in [5.74, 6) is 2.23. The fraction of sp³-hybridized carbons (Fsp3) is 0.294. The van der Waals surface area contributed by atoms with E-state index in [0.717, 1.165) is 23.8 Å². The first-order valence-electron chi connectivity index (χ1n) is 6.91. The van der Waals surface area contributed by atoms with Crippen molar-refractivity contribution in [1.29, 1.82) is 0 Å². The molecule has 2 aromatic rings. The minimum absolute atomic E-state index is 0.233. The lowest BCUT2D eigenvalue weighted by atomic mass is 9.92. The van der Waals surface area contributed by atoms with Gasteiger partial charge in [0.15, 0.2) is 0 Å². The Balaban J connectivity index is 1.94. The quantitative estimate of drug-likeness (QED) is 0.917. The van der Waals surface area contributed by atoms with Crippen molar-refractivity contribution < 1.29 is 9.47 Å². The summed E-state index contributed by atoms with van der Waals surface area (Å²) in [7, 11) is 1.70. The largest absolute Gasteiger partial charge is 0.495 e. The van der Waals surface area contributed by atoms with Crippen molar-refractivity contribution in [2.24, 2.45) is 5.92 Å². The molecule has 104 valence electrons. The molecule has 0 fully saturated rings. The molecule has 1 heterocycles. The van der Waals surface area contributed by atoms with E-state index in [2.05, 4.69) is 24.4 Å². The Hall–Kier alpha value is -2.16. The van der Waals surface area contributed by atoms with Crippen LogP contribution in [0, 0.1) is 5.92 Å². The van der Waals surface area contributed by atoms with Gasteiger partial charge < -0.3 is 14.8 Å². The highest BCUT2D eigenvalue weighted by Gasteiger charge is 2.28. The molecule has 0 aromatic heterocycles. The van der Waals surface area contributed by atoms with E-state index in [-0.39, 0.29) is 6.04 Å². The number of hydrogen-bond acceptors (Lipinski definition) is 3. The van der Waals surface area contributed by atoms with Crippen LogP contribution in [0.4, 0.5) is 5.69 Å². The number of anilines is 1. The maximum atomic E-state index is 5.79. The van der Waals surface area contributed by atoms with Crippen LogP contribution in [0.1, 0.15) is 18.5 Å². The summed E-state index contributed by atoms with van der Waals surface area (Å²) in [5.41, 5.74) is 2.22. The van der Waals surface area contributed by atoms with Gasteiger partial charge in [0.05, 0.1) is 25.4 Å². The topological polar surface area (TPSA) is 30.5 Å². The van der Waals surface area contributed by atoms with E-state index in [9.17, 15) is 0 Å². The Labute approximate surface area is 119 Å². The molecule has 1 aliphatic heterocycles. The molecule has 0 radical (unpaired) electrons. The smallest absolute Gasteiger partial charge is 0.141 e. The van der Waals surface area contributed by atoms with Crippen molar-refractivity contribution in [1.82, 2.24) is 0 Å². The number of hydrogen-bond donors (Lipinski definition) is 1. The third-order valence-electron chi connectivity index (χ3n) is 3.74. The third kappa shape index (κ3) is 2.31. The first-order chi connectivity index (χ1) is 9.79.